The summed E-state index contributed by atoms with van der Waals surface area (Å²) in [5.41, 5.74) is 0. The third kappa shape index (κ3) is 4.71. The molecule has 112 valence electrons. The topological polar surface area (TPSA) is 68.3 Å². The van der Waals surface area contributed by atoms with Crippen LogP contribution in [0.1, 0.15) is 0 Å². The number of halogens is 1. The Bertz CT molecular complexity index is 720. The lowest BCUT2D eigenvalue weighted by atomic mass is 10.3. The number of aromatic nitrogens is 1. The Morgan fingerprint density at radius 2 is 2.10 bits per heavy atom. The van der Waals surface area contributed by atoms with E-state index in [-0.39, 0.29) is 4.90 Å². The van der Waals surface area contributed by atoms with E-state index in [4.69, 9.17) is 4.74 Å². The first-order chi connectivity index (χ1) is 9.97. The van der Waals surface area contributed by atoms with Gasteiger partial charge in [-0.1, -0.05) is 22.0 Å². The van der Waals surface area contributed by atoms with Gasteiger partial charge in [-0.05, 0) is 30.3 Å². The number of sulfone groups is 1. The predicted octanol–water partition coefficient (Wildman–Crippen LogP) is 2.74. The number of nitrogens with zero attached hydrogens (tertiary/aromatic N) is 1. The Labute approximate surface area is 132 Å². The lowest BCUT2D eigenvalue weighted by molar-refractivity contribution is 0.332. The molecule has 0 aliphatic heterocycles. The van der Waals surface area contributed by atoms with Crippen LogP contribution in [0, 0.1) is 0 Å². The average molecular weight is 371 g/mol. The first kappa shape index (κ1) is 15.8. The summed E-state index contributed by atoms with van der Waals surface area (Å²) in [5, 5.41) is 2.98. The van der Waals surface area contributed by atoms with Crippen LogP contribution in [-0.4, -0.2) is 32.8 Å². The fourth-order valence-electron chi connectivity index (χ4n) is 1.72. The molecule has 1 N–H and O–H groups in total. The SMILES string of the molecule is CS(=O)(=O)c1cccnc1NCCOc1cccc(Br)c1. The Morgan fingerprint density at radius 3 is 2.81 bits per heavy atom. The molecular weight excluding hydrogens is 356 g/mol. The number of nitrogens with one attached hydrogen (secondary N) is 1. The summed E-state index contributed by atoms with van der Waals surface area (Å²) in [6.07, 6.45) is 2.71. The van der Waals surface area contributed by atoms with Gasteiger partial charge in [0.25, 0.3) is 0 Å². The Hall–Kier alpha value is -1.60. The van der Waals surface area contributed by atoms with Crippen molar-refractivity contribution in [3.63, 3.8) is 0 Å². The van der Waals surface area contributed by atoms with Crippen molar-refractivity contribution in [3.8, 4) is 5.75 Å². The van der Waals surface area contributed by atoms with Gasteiger partial charge in [-0.2, -0.15) is 0 Å². The highest BCUT2D eigenvalue weighted by atomic mass is 79.9. The van der Waals surface area contributed by atoms with Crippen LogP contribution in [-0.2, 0) is 9.84 Å². The number of hydrogen-bond donors (Lipinski definition) is 1. The van der Waals surface area contributed by atoms with Crippen LogP contribution in [0.2, 0.25) is 0 Å². The summed E-state index contributed by atoms with van der Waals surface area (Å²) >= 11 is 3.37. The highest BCUT2D eigenvalue weighted by Crippen LogP contribution is 2.19. The number of ether oxygens (including phenoxy) is 1. The number of hydrogen-bond acceptors (Lipinski definition) is 5. The molecule has 0 bridgehead atoms. The summed E-state index contributed by atoms with van der Waals surface area (Å²) in [4.78, 5) is 4.24. The molecule has 0 unspecified atom stereocenters. The van der Waals surface area contributed by atoms with Crippen molar-refractivity contribution < 1.29 is 13.2 Å². The van der Waals surface area contributed by atoms with Gasteiger partial charge >= 0.3 is 0 Å². The zero-order valence-corrected chi connectivity index (χ0v) is 13.8. The molecule has 0 atom stereocenters. The normalized spacial score (nSPS) is 11.1. The standard InChI is InChI=1S/C14H15BrN2O3S/c1-21(18,19)13-6-3-7-16-14(13)17-8-9-20-12-5-2-4-11(15)10-12/h2-7,10H,8-9H2,1H3,(H,16,17). The maximum Gasteiger partial charge on any atom is 0.179 e. The van der Waals surface area contributed by atoms with Gasteiger partial charge in [-0.15, -0.1) is 0 Å². The van der Waals surface area contributed by atoms with Gasteiger partial charge in [0.05, 0.1) is 6.54 Å². The number of benzene rings is 1. The van der Waals surface area contributed by atoms with Crippen molar-refractivity contribution in [1.29, 1.82) is 0 Å². The average Bonchev–Trinajstić information content (AvgIpc) is 2.43. The van der Waals surface area contributed by atoms with E-state index in [1.54, 1.807) is 12.3 Å². The highest BCUT2D eigenvalue weighted by molar-refractivity contribution is 9.10. The van der Waals surface area contributed by atoms with E-state index >= 15 is 0 Å². The second-order valence-corrected chi connectivity index (χ2v) is 7.25. The maximum absolute atomic E-state index is 11.6. The molecule has 0 amide bonds. The van der Waals surface area contributed by atoms with Crippen molar-refractivity contribution in [1.82, 2.24) is 4.98 Å². The monoisotopic (exact) mass is 370 g/mol. The van der Waals surface area contributed by atoms with Crippen LogP contribution in [0.4, 0.5) is 5.82 Å². The van der Waals surface area contributed by atoms with E-state index in [9.17, 15) is 8.42 Å². The molecule has 0 aliphatic rings. The third-order valence-corrected chi connectivity index (χ3v) is 4.25. The fourth-order valence-corrected chi connectivity index (χ4v) is 2.90. The van der Waals surface area contributed by atoms with Gasteiger partial charge in [-0.3, -0.25) is 0 Å². The number of rotatable bonds is 6. The molecule has 2 rings (SSSR count). The summed E-state index contributed by atoms with van der Waals surface area (Å²) in [6, 6.07) is 10.6. The first-order valence-electron chi connectivity index (χ1n) is 6.24. The first-order valence-corrected chi connectivity index (χ1v) is 8.92. The predicted molar refractivity (Wildman–Crippen MR) is 85.5 cm³/mol. The van der Waals surface area contributed by atoms with Gasteiger partial charge in [0, 0.05) is 16.9 Å². The van der Waals surface area contributed by atoms with Crippen molar-refractivity contribution in [2.75, 3.05) is 24.7 Å². The molecule has 1 heterocycles. The molecule has 7 heteroatoms. The van der Waals surface area contributed by atoms with Crippen LogP contribution in [0.25, 0.3) is 0 Å². The molecule has 0 spiro atoms. The molecule has 1 aromatic heterocycles. The Morgan fingerprint density at radius 1 is 1.29 bits per heavy atom. The van der Waals surface area contributed by atoms with E-state index in [1.165, 1.54) is 6.07 Å². The molecule has 0 radical (unpaired) electrons. The number of pyridine rings is 1. The summed E-state index contributed by atoms with van der Waals surface area (Å²) in [7, 11) is -3.30. The van der Waals surface area contributed by atoms with Crippen LogP contribution in [0.15, 0.2) is 52.0 Å². The smallest absolute Gasteiger partial charge is 0.179 e. The van der Waals surface area contributed by atoms with E-state index in [0.29, 0.717) is 19.0 Å². The molecular formula is C14H15BrN2O3S. The van der Waals surface area contributed by atoms with Crippen LogP contribution in [0.3, 0.4) is 0 Å². The Balaban J connectivity index is 1.93. The summed E-state index contributed by atoms with van der Waals surface area (Å²) in [5.74, 6) is 1.09. The van der Waals surface area contributed by atoms with Crippen molar-refractivity contribution in [3.05, 3.63) is 47.1 Å². The Kier molecular flexibility index (Phi) is 5.19. The summed E-state index contributed by atoms with van der Waals surface area (Å²) < 4.78 is 29.8. The zero-order chi connectivity index (χ0) is 15.3. The van der Waals surface area contributed by atoms with Crippen LogP contribution < -0.4 is 10.1 Å². The van der Waals surface area contributed by atoms with Crippen molar-refractivity contribution in [2.45, 2.75) is 4.90 Å². The van der Waals surface area contributed by atoms with Crippen molar-refractivity contribution in [2.24, 2.45) is 0 Å². The van der Waals surface area contributed by atoms with Crippen LogP contribution >= 0.6 is 15.9 Å². The molecule has 0 aliphatic carbocycles. The minimum atomic E-state index is -3.30. The van der Waals surface area contributed by atoms with E-state index in [1.807, 2.05) is 24.3 Å². The van der Waals surface area contributed by atoms with Crippen LogP contribution in [0.5, 0.6) is 5.75 Å². The maximum atomic E-state index is 11.6. The fraction of sp³-hybridized carbons (Fsp3) is 0.214. The number of anilines is 1. The summed E-state index contributed by atoms with van der Waals surface area (Å²) in [6.45, 7) is 0.849. The molecule has 21 heavy (non-hydrogen) atoms. The molecule has 0 fully saturated rings. The lowest BCUT2D eigenvalue weighted by Gasteiger charge is -2.10. The molecule has 2 aromatic rings. The van der Waals surface area contributed by atoms with Gasteiger partial charge < -0.3 is 10.1 Å². The third-order valence-electron chi connectivity index (χ3n) is 2.63. The highest BCUT2D eigenvalue weighted by Gasteiger charge is 2.13. The minimum Gasteiger partial charge on any atom is -0.492 e. The second kappa shape index (κ2) is 6.91. The molecule has 0 saturated carbocycles. The zero-order valence-electron chi connectivity index (χ0n) is 11.4. The quantitative estimate of drug-likeness (QED) is 0.791. The van der Waals surface area contributed by atoms with E-state index < -0.39 is 9.84 Å². The van der Waals surface area contributed by atoms with Gasteiger partial charge in [-0.25, -0.2) is 13.4 Å². The molecule has 0 saturated heterocycles. The minimum absolute atomic E-state index is 0.187. The molecule has 5 nitrogen and oxygen atoms in total. The molecule has 1 aromatic carbocycles. The van der Waals surface area contributed by atoms with Crippen molar-refractivity contribution >= 4 is 31.6 Å². The largest absolute Gasteiger partial charge is 0.492 e. The van der Waals surface area contributed by atoms with Gasteiger partial charge in [0.2, 0.25) is 0 Å². The van der Waals surface area contributed by atoms with Gasteiger partial charge in [0.15, 0.2) is 9.84 Å². The van der Waals surface area contributed by atoms with E-state index in [2.05, 4.69) is 26.2 Å². The van der Waals surface area contributed by atoms with E-state index in [0.717, 1.165) is 16.5 Å². The van der Waals surface area contributed by atoms with Gasteiger partial charge in [0.1, 0.15) is 23.1 Å². The lowest BCUT2D eigenvalue weighted by Crippen LogP contribution is -2.14. The second-order valence-electron chi connectivity index (χ2n) is 4.35.